The Morgan fingerprint density at radius 1 is 1.40 bits per heavy atom. The molecule has 6 nitrogen and oxygen atoms in total. The number of benzene rings is 1. The van der Waals surface area contributed by atoms with Crippen LogP contribution in [0.2, 0.25) is 0 Å². The molecule has 3 N–H and O–H groups in total. The molecule has 0 saturated carbocycles. The summed E-state index contributed by atoms with van der Waals surface area (Å²) in [4.78, 5) is 0.245. The van der Waals surface area contributed by atoms with Gasteiger partial charge in [0.25, 0.3) is 0 Å². The van der Waals surface area contributed by atoms with Crippen LogP contribution in [-0.2, 0) is 10.0 Å². The topological polar surface area (TPSA) is 96.0 Å². The van der Waals surface area contributed by atoms with E-state index in [0.717, 1.165) is 11.1 Å². The van der Waals surface area contributed by atoms with Crippen LogP contribution in [-0.4, -0.2) is 37.4 Å². The summed E-state index contributed by atoms with van der Waals surface area (Å²) in [5.41, 5.74) is 7.43. The maximum absolute atomic E-state index is 12.4. The molecule has 0 radical (unpaired) electrons. The number of hydrogen-bond acceptors (Lipinski definition) is 4. The predicted molar refractivity (Wildman–Crippen MR) is 78.3 cm³/mol. The minimum atomic E-state index is -3.57. The fourth-order valence-electron chi connectivity index (χ4n) is 1.73. The highest BCUT2D eigenvalue weighted by Gasteiger charge is 2.23. The van der Waals surface area contributed by atoms with Gasteiger partial charge in [0.1, 0.15) is 5.84 Å². The van der Waals surface area contributed by atoms with Crippen molar-refractivity contribution in [3.05, 3.63) is 29.3 Å². The van der Waals surface area contributed by atoms with Crippen LogP contribution in [0.25, 0.3) is 0 Å². The van der Waals surface area contributed by atoms with Crippen LogP contribution in [0.15, 0.2) is 28.3 Å². The van der Waals surface area contributed by atoms with Crippen molar-refractivity contribution in [1.29, 1.82) is 0 Å². The molecule has 0 saturated heterocycles. The molecule has 0 aliphatic carbocycles. The average Bonchev–Trinajstić information content (AvgIpc) is 2.40. The summed E-state index contributed by atoms with van der Waals surface area (Å²) in [5, 5.41) is 11.5. The molecule has 0 amide bonds. The van der Waals surface area contributed by atoms with E-state index in [2.05, 4.69) is 5.16 Å². The molecule has 1 aromatic rings. The van der Waals surface area contributed by atoms with Gasteiger partial charge in [-0.3, -0.25) is 0 Å². The Morgan fingerprint density at radius 3 is 2.50 bits per heavy atom. The number of hydrogen-bond donors (Lipinski definition) is 2. The van der Waals surface area contributed by atoms with Gasteiger partial charge < -0.3 is 10.9 Å². The molecule has 0 spiro atoms. The van der Waals surface area contributed by atoms with Crippen LogP contribution < -0.4 is 5.73 Å². The highest BCUT2D eigenvalue weighted by atomic mass is 32.2. The smallest absolute Gasteiger partial charge is 0.242 e. The van der Waals surface area contributed by atoms with Gasteiger partial charge >= 0.3 is 0 Å². The van der Waals surface area contributed by atoms with Crippen molar-refractivity contribution < 1.29 is 13.6 Å². The number of aryl methyl sites for hydroxylation is 2. The Hall–Kier alpha value is -1.60. The van der Waals surface area contributed by atoms with Crippen molar-refractivity contribution in [2.75, 3.05) is 13.6 Å². The summed E-state index contributed by atoms with van der Waals surface area (Å²) in [6.45, 7) is 5.63. The van der Waals surface area contributed by atoms with Crippen LogP contribution in [0.5, 0.6) is 0 Å². The van der Waals surface area contributed by atoms with Crippen LogP contribution in [0.3, 0.4) is 0 Å². The SMILES string of the molecule is Cc1ccc(S(=O)(=O)N(C)CC(C)C(N)=NO)cc1C. The fraction of sp³-hybridized carbons (Fsp3) is 0.462. The van der Waals surface area contributed by atoms with Gasteiger partial charge in [-0.15, -0.1) is 0 Å². The predicted octanol–water partition coefficient (Wildman–Crippen LogP) is 1.31. The summed E-state index contributed by atoms with van der Waals surface area (Å²) in [5.74, 6) is -0.363. The Kier molecular flexibility index (Phi) is 5.13. The zero-order chi connectivity index (χ0) is 15.5. The van der Waals surface area contributed by atoms with Crippen molar-refractivity contribution in [1.82, 2.24) is 4.31 Å². The Bertz CT molecular complexity index is 611. The Morgan fingerprint density at radius 2 is 2.00 bits per heavy atom. The summed E-state index contributed by atoms with van der Waals surface area (Å²) >= 11 is 0. The third kappa shape index (κ3) is 3.49. The first kappa shape index (κ1) is 16.5. The van der Waals surface area contributed by atoms with Gasteiger partial charge in [-0.1, -0.05) is 18.1 Å². The molecule has 1 atom stereocenters. The largest absolute Gasteiger partial charge is 0.409 e. The second kappa shape index (κ2) is 6.23. The van der Waals surface area contributed by atoms with E-state index in [1.807, 2.05) is 13.8 Å². The Labute approximate surface area is 119 Å². The maximum Gasteiger partial charge on any atom is 0.242 e. The minimum Gasteiger partial charge on any atom is -0.409 e. The first-order valence-electron chi connectivity index (χ1n) is 6.21. The third-order valence-corrected chi connectivity index (χ3v) is 5.16. The lowest BCUT2D eigenvalue weighted by Crippen LogP contribution is -2.36. The van der Waals surface area contributed by atoms with E-state index < -0.39 is 10.0 Å². The number of amidine groups is 1. The van der Waals surface area contributed by atoms with E-state index in [9.17, 15) is 8.42 Å². The second-order valence-electron chi connectivity index (χ2n) is 4.96. The number of sulfonamides is 1. The second-order valence-corrected chi connectivity index (χ2v) is 7.00. The van der Waals surface area contributed by atoms with Crippen molar-refractivity contribution in [2.45, 2.75) is 25.7 Å². The first-order chi connectivity index (χ1) is 9.20. The highest BCUT2D eigenvalue weighted by Crippen LogP contribution is 2.19. The zero-order valence-electron chi connectivity index (χ0n) is 12.2. The molecule has 7 heteroatoms. The molecule has 0 aliphatic heterocycles. The quantitative estimate of drug-likeness (QED) is 0.371. The monoisotopic (exact) mass is 299 g/mol. The molecule has 20 heavy (non-hydrogen) atoms. The molecular weight excluding hydrogens is 278 g/mol. The maximum atomic E-state index is 12.4. The summed E-state index contributed by atoms with van der Waals surface area (Å²) in [6, 6.07) is 5.01. The molecule has 1 rings (SSSR count). The number of oxime groups is 1. The fourth-order valence-corrected chi connectivity index (χ4v) is 3.08. The van der Waals surface area contributed by atoms with E-state index in [1.54, 1.807) is 25.1 Å². The van der Waals surface area contributed by atoms with Gasteiger partial charge in [-0.2, -0.15) is 0 Å². The number of rotatable bonds is 5. The van der Waals surface area contributed by atoms with Crippen molar-refractivity contribution in [3.8, 4) is 0 Å². The summed E-state index contributed by atoms with van der Waals surface area (Å²) in [7, 11) is -2.10. The molecule has 0 aromatic heterocycles. The number of nitrogens with two attached hydrogens (primary N) is 1. The molecule has 0 fully saturated rings. The molecule has 112 valence electrons. The lowest BCUT2D eigenvalue weighted by molar-refractivity contribution is 0.312. The van der Waals surface area contributed by atoms with Gasteiger partial charge in [0.15, 0.2) is 0 Å². The average molecular weight is 299 g/mol. The van der Waals surface area contributed by atoms with Crippen molar-refractivity contribution in [3.63, 3.8) is 0 Å². The van der Waals surface area contributed by atoms with Crippen LogP contribution in [0.1, 0.15) is 18.1 Å². The molecular formula is C13H21N3O3S. The van der Waals surface area contributed by atoms with Gasteiger partial charge in [0.2, 0.25) is 10.0 Å². The van der Waals surface area contributed by atoms with Gasteiger partial charge in [-0.05, 0) is 37.1 Å². The molecule has 1 unspecified atom stereocenters. The lowest BCUT2D eigenvalue weighted by Gasteiger charge is -2.21. The van der Waals surface area contributed by atoms with Gasteiger partial charge in [0, 0.05) is 19.5 Å². The van der Waals surface area contributed by atoms with E-state index >= 15 is 0 Å². The standard InChI is InChI=1S/C13H21N3O3S/c1-9-5-6-12(7-10(9)2)20(18,19)16(4)8-11(3)13(14)15-17/h5-7,11,17H,8H2,1-4H3,(H2,14,15). The van der Waals surface area contributed by atoms with Crippen LogP contribution in [0.4, 0.5) is 0 Å². The molecule has 0 heterocycles. The molecule has 1 aromatic carbocycles. The van der Waals surface area contributed by atoms with E-state index in [0.29, 0.717) is 0 Å². The Balaban J connectivity index is 3.01. The van der Waals surface area contributed by atoms with Crippen molar-refractivity contribution >= 4 is 15.9 Å². The lowest BCUT2D eigenvalue weighted by atomic mass is 10.1. The van der Waals surface area contributed by atoms with Crippen molar-refractivity contribution in [2.24, 2.45) is 16.8 Å². The summed E-state index contributed by atoms with van der Waals surface area (Å²) in [6.07, 6.45) is 0. The van der Waals surface area contributed by atoms with Crippen LogP contribution in [0, 0.1) is 19.8 Å². The minimum absolute atomic E-state index is 0.00661. The van der Waals surface area contributed by atoms with E-state index in [-0.39, 0.29) is 23.2 Å². The van der Waals surface area contributed by atoms with E-state index in [1.165, 1.54) is 11.4 Å². The highest BCUT2D eigenvalue weighted by molar-refractivity contribution is 7.89. The van der Waals surface area contributed by atoms with E-state index in [4.69, 9.17) is 10.9 Å². The zero-order valence-corrected chi connectivity index (χ0v) is 13.0. The molecule has 0 aliphatic rings. The van der Waals surface area contributed by atoms with Gasteiger partial charge in [0.05, 0.1) is 4.90 Å². The van der Waals surface area contributed by atoms with Crippen LogP contribution >= 0.6 is 0 Å². The third-order valence-electron chi connectivity index (χ3n) is 3.34. The normalized spacial score (nSPS) is 14.6. The number of nitrogens with zero attached hydrogens (tertiary/aromatic N) is 2. The molecule has 0 bridgehead atoms. The first-order valence-corrected chi connectivity index (χ1v) is 7.65. The van der Waals surface area contributed by atoms with Gasteiger partial charge in [-0.25, -0.2) is 12.7 Å². The summed E-state index contributed by atoms with van der Waals surface area (Å²) < 4.78 is 26.1.